The van der Waals surface area contributed by atoms with Crippen molar-refractivity contribution in [2.45, 2.75) is 199 Å². The average Bonchev–Trinajstić information content (AvgIpc) is 3.10. The van der Waals surface area contributed by atoms with Crippen LogP contribution in [-0.4, -0.2) is 41.6 Å². The van der Waals surface area contributed by atoms with Crippen molar-refractivity contribution in [1.29, 1.82) is 0 Å². The summed E-state index contributed by atoms with van der Waals surface area (Å²) in [7, 11) is 0. The third-order valence-electron chi connectivity index (χ3n) is 8.92. The SMILES string of the molecule is CC/C=C\C/C=C\C/C=C\C/C=C\CCC(=O)OC(CCCCCCCCCCCCC)CCCCCCCC(=O)NC(CCCN)C(=O)O. The van der Waals surface area contributed by atoms with E-state index in [0.29, 0.717) is 38.6 Å². The third-order valence-corrected chi connectivity index (χ3v) is 8.92. The Balaban J connectivity index is 4.43. The van der Waals surface area contributed by atoms with Crippen molar-refractivity contribution in [2.24, 2.45) is 5.73 Å². The van der Waals surface area contributed by atoms with Crippen molar-refractivity contribution < 1.29 is 24.2 Å². The molecule has 288 valence electrons. The second kappa shape index (κ2) is 37.6. The molecule has 4 N–H and O–H groups in total. The van der Waals surface area contributed by atoms with Crippen molar-refractivity contribution in [3.05, 3.63) is 48.6 Å². The van der Waals surface area contributed by atoms with Crippen LogP contribution in [0.1, 0.15) is 187 Å². The molecule has 0 bridgehead atoms. The maximum Gasteiger partial charge on any atom is 0.326 e. The van der Waals surface area contributed by atoms with Crippen molar-refractivity contribution in [3.8, 4) is 0 Å². The molecule has 0 aromatic heterocycles. The van der Waals surface area contributed by atoms with Crippen LogP contribution in [0.15, 0.2) is 48.6 Å². The van der Waals surface area contributed by atoms with Crippen LogP contribution in [0.4, 0.5) is 0 Å². The van der Waals surface area contributed by atoms with Gasteiger partial charge in [0.2, 0.25) is 5.91 Å². The highest BCUT2D eigenvalue weighted by Gasteiger charge is 2.19. The number of nitrogens with two attached hydrogens (primary N) is 1. The van der Waals surface area contributed by atoms with E-state index in [0.717, 1.165) is 77.0 Å². The summed E-state index contributed by atoms with van der Waals surface area (Å²) in [5.74, 6) is -1.32. The Hall–Kier alpha value is -2.67. The Labute approximate surface area is 307 Å². The van der Waals surface area contributed by atoms with E-state index >= 15 is 0 Å². The number of ether oxygens (including phenoxy) is 1. The first-order valence-electron chi connectivity index (χ1n) is 20.5. The molecule has 7 heteroatoms. The molecule has 0 heterocycles. The fraction of sp³-hybridized carbons (Fsp3) is 0.744. The van der Waals surface area contributed by atoms with Gasteiger partial charge in [0.05, 0.1) is 0 Å². The highest BCUT2D eigenvalue weighted by molar-refractivity contribution is 5.83. The molecule has 0 aliphatic rings. The zero-order valence-electron chi connectivity index (χ0n) is 32.2. The van der Waals surface area contributed by atoms with Crippen molar-refractivity contribution >= 4 is 17.8 Å². The topological polar surface area (TPSA) is 119 Å². The van der Waals surface area contributed by atoms with Gasteiger partial charge in [-0.25, -0.2) is 4.79 Å². The summed E-state index contributed by atoms with van der Waals surface area (Å²) in [5, 5.41) is 11.9. The smallest absolute Gasteiger partial charge is 0.326 e. The Bertz CT molecular complexity index is 926. The second-order valence-electron chi connectivity index (χ2n) is 13.7. The van der Waals surface area contributed by atoms with Gasteiger partial charge in [-0.05, 0) is 83.6 Å². The van der Waals surface area contributed by atoms with Gasteiger partial charge in [-0.15, -0.1) is 0 Å². The molecule has 50 heavy (non-hydrogen) atoms. The quantitative estimate of drug-likeness (QED) is 0.0340. The molecule has 0 saturated carbocycles. The summed E-state index contributed by atoms with van der Waals surface area (Å²) in [4.78, 5) is 36.2. The van der Waals surface area contributed by atoms with Crippen LogP contribution in [0.3, 0.4) is 0 Å². The first-order valence-corrected chi connectivity index (χ1v) is 20.5. The number of carbonyl (C=O) groups excluding carboxylic acids is 2. The van der Waals surface area contributed by atoms with E-state index in [9.17, 15) is 19.5 Å². The number of nitrogens with one attached hydrogen (secondary N) is 1. The molecular formula is C43H76N2O5. The number of carbonyl (C=O) groups is 3. The number of carboxylic acid groups (broad SMARTS) is 1. The Morgan fingerprint density at radius 1 is 0.600 bits per heavy atom. The normalized spacial score (nSPS) is 13.2. The lowest BCUT2D eigenvalue weighted by molar-refractivity contribution is -0.149. The number of esters is 1. The number of carboxylic acids is 1. The molecule has 0 aliphatic heterocycles. The monoisotopic (exact) mass is 701 g/mol. The van der Waals surface area contributed by atoms with Gasteiger partial charge in [0.15, 0.2) is 0 Å². The lowest BCUT2D eigenvalue weighted by Crippen LogP contribution is -2.40. The standard InChI is InChI=1S/C43H76N2O5/c1-3-5-7-9-11-13-15-16-18-20-22-27-31-37-42(47)50-39(33-28-24-21-19-17-14-12-10-8-6-4-2)34-29-25-23-26-30-36-41(46)45-40(43(48)49)35-32-38-44/h5,7,11,13,16,18,22,27,39-40H,3-4,6,8-10,12,14-15,17,19-21,23-26,28-38,44H2,1-2H3,(H,45,46)(H,48,49)/b7-5-,13-11-,18-16-,27-22-. The van der Waals surface area contributed by atoms with Gasteiger partial charge in [-0.3, -0.25) is 9.59 Å². The first kappa shape index (κ1) is 47.3. The van der Waals surface area contributed by atoms with E-state index < -0.39 is 12.0 Å². The summed E-state index contributed by atoms with van der Waals surface area (Å²) < 4.78 is 5.98. The summed E-state index contributed by atoms with van der Waals surface area (Å²) in [5.41, 5.74) is 5.48. The van der Waals surface area contributed by atoms with Crippen LogP contribution in [0.2, 0.25) is 0 Å². The van der Waals surface area contributed by atoms with Crippen molar-refractivity contribution in [1.82, 2.24) is 5.32 Å². The highest BCUT2D eigenvalue weighted by atomic mass is 16.5. The Kier molecular flexibility index (Phi) is 35.6. The van der Waals surface area contributed by atoms with E-state index in [2.05, 4.69) is 67.8 Å². The van der Waals surface area contributed by atoms with Crippen LogP contribution < -0.4 is 11.1 Å². The maximum absolute atomic E-state index is 12.7. The Morgan fingerprint density at radius 2 is 1.08 bits per heavy atom. The largest absolute Gasteiger partial charge is 0.480 e. The summed E-state index contributed by atoms with van der Waals surface area (Å²) in [6.45, 7) is 4.81. The van der Waals surface area contributed by atoms with Crippen LogP contribution >= 0.6 is 0 Å². The second-order valence-corrected chi connectivity index (χ2v) is 13.7. The zero-order chi connectivity index (χ0) is 36.8. The van der Waals surface area contributed by atoms with Crippen LogP contribution in [0, 0.1) is 0 Å². The molecule has 1 amide bonds. The fourth-order valence-corrected chi connectivity index (χ4v) is 5.88. The average molecular weight is 701 g/mol. The molecule has 0 aliphatic carbocycles. The van der Waals surface area contributed by atoms with E-state index in [1.165, 1.54) is 64.2 Å². The van der Waals surface area contributed by atoms with E-state index in [4.69, 9.17) is 10.5 Å². The molecule has 0 spiro atoms. The molecule has 0 aromatic carbocycles. The molecule has 2 atom stereocenters. The van der Waals surface area contributed by atoms with Gasteiger partial charge in [0.1, 0.15) is 12.1 Å². The van der Waals surface area contributed by atoms with Crippen molar-refractivity contribution in [3.63, 3.8) is 0 Å². The summed E-state index contributed by atoms with van der Waals surface area (Å²) in [6.07, 6.45) is 44.4. The first-order chi connectivity index (χ1) is 24.4. The van der Waals surface area contributed by atoms with E-state index in [1.807, 2.05) is 0 Å². The predicted molar refractivity (Wildman–Crippen MR) is 211 cm³/mol. The van der Waals surface area contributed by atoms with Gasteiger partial charge in [-0.2, -0.15) is 0 Å². The van der Waals surface area contributed by atoms with Crippen LogP contribution in [-0.2, 0) is 19.1 Å². The number of hydrogen-bond acceptors (Lipinski definition) is 5. The number of unbranched alkanes of at least 4 members (excludes halogenated alkanes) is 14. The third kappa shape index (κ3) is 33.8. The predicted octanol–water partition coefficient (Wildman–Crippen LogP) is 11.2. The zero-order valence-corrected chi connectivity index (χ0v) is 32.2. The number of rotatable bonds is 36. The van der Waals surface area contributed by atoms with Crippen molar-refractivity contribution in [2.75, 3.05) is 6.54 Å². The van der Waals surface area contributed by atoms with Crippen LogP contribution in [0.5, 0.6) is 0 Å². The minimum Gasteiger partial charge on any atom is -0.480 e. The molecule has 2 unspecified atom stereocenters. The maximum atomic E-state index is 12.7. The molecule has 0 radical (unpaired) electrons. The molecule has 0 rings (SSSR count). The van der Waals surface area contributed by atoms with Gasteiger partial charge in [-0.1, -0.05) is 146 Å². The number of hydrogen-bond donors (Lipinski definition) is 3. The van der Waals surface area contributed by atoms with Gasteiger partial charge < -0.3 is 20.9 Å². The molecule has 0 aromatic rings. The van der Waals surface area contributed by atoms with E-state index in [-0.39, 0.29) is 18.0 Å². The fourth-order valence-electron chi connectivity index (χ4n) is 5.88. The molecular weight excluding hydrogens is 624 g/mol. The van der Waals surface area contributed by atoms with Gasteiger partial charge >= 0.3 is 11.9 Å². The molecule has 0 saturated heterocycles. The Morgan fingerprint density at radius 3 is 1.58 bits per heavy atom. The molecule has 0 fully saturated rings. The van der Waals surface area contributed by atoms with E-state index in [1.54, 1.807) is 0 Å². The highest BCUT2D eigenvalue weighted by Crippen LogP contribution is 2.18. The number of amides is 1. The summed E-state index contributed by atoms with van der Waals surface area (Å²) in [6, 6.07) is -0.861. The number of allylic oxidation sites excluding steroid dienone is 8. The number of aliphatic carboxylic acids is 1. The lowest BCUT2D eigenvalue weighted by Gasteiger charge is -2.18. The lowest BCUT2D eigenvalue weighted by atomic mass is 10.0. The van der Waals surface area contributed by atoms with Gasteiger partial charge in [0, 0.05) is 12.8 Å². The minimum absolute atomic E-state index is 0.0225. The molecule has 7 nitrogen and oxygen atoms in total. The summed E-state index contributed by atoms with van der Waals surface area (Å²) >= 11 is 0. The van der Waals surface area contributed by atoms with Crippen LogP contribution in [0.25, 0.3) is 0 Å². The van der Waals surface area contributed by atoms with Gasteiger partial charge in [0.25, 0.3) is 0 Å². The minimum atomic E-state index is -1.01.